The molecule has 2 heterocycles. The van der Waals surface area contributed by atoms with Crippen LogP contribution in [0.3, 0.4) is 0 Å². The Morgan fingerprint density at radius 1 is 1.37 bits per heavy atom. The molecular weight excluding hydrogens is 236 g/mol. The van der Waals surface area contributed by atoms with E-state index in [0.717, 1.165) is 25.2 Å². The first-order valence-corrected chi connectivity index (χ1v) is 7.27. The quantitative estimate of drug-likeness (QED) is 0.893. The molecule has 1 N–H and O–H groups in total. The van der Waals surface area contributed by atoms with Gasteiger partial charge in [0.25, 0.3) is 0 Å². The molecule has 102 valence electrons. The van der Waals surface area contributed by atoms with Gasteiger partial charge < -0.3 is 9.73 Å². The lowest BCUT2D eigenvalue weighted by Crippen LogP contribution is -2.37. The van der Waals surface area contributed by atoms with Gasteiger partial charge in [-0.3, -0.25) is 4.90 Å². The van der Waals surface area contributed by atoms with Crippen LogP contribution >= 0.6 is 0 Å². The molecule has 3 rings (SSSR count). The minimum Gasteiger partial charge on any atom is -0.464 e. The topological polar surface area (TPSA) is 28.4 Å². The number of rotatable bonds is 5. The van der Waals surface area contributed by atoms with Crippen LogP contribution in [0.25, 0.3) is 11.0 Å². The van der Waals surface area contributed by atoms with Crippen LogP contribution in [0.15, 0.2) is 34.9 Å². The molecule has 1 unspecified atom stereocenters. The van der Waals surface area contributed by atoms with E-state index in [-0.39, 0.29) is 0 Å². The van der Waals surface area contributed by atoms with E-state index >= 15 is 0 Å². The van der Waals surface area contributed by atoms with Crippen LogP contribution < -0.4 is 5.32 Å². The zero-order valence-corrected chi connectivity index (χ0v) is 11.6. The molecule has 0 bridgehead atoms. The highest BCUT2D eigenvalue weighted by molar-refractivity contribution is 5.80. The van der Waals surface area contributed by atoms with E-state index in [1.165, 1.54) is 30.3 Å². The third-order valence-corrected chi connectivity index (χ3v) is 4.04. The van der Waals surface area contributed by atoms with Gasteiger partial charge >= 0.3 is 0 Å². The maximum atomic E-state index is 5.62. The molecule has 19 heavy (non-hydrogen) atoms. The lowest BCUT2D eigenvalue weighted by atomic mass is 10.1. The molecule has 3 nitrogen and oxygen atoms in total. The Hall–Kier alpha value is -1.32. The summed E-state index contributed by atoms with van der Waals surface area (Å²) in [6, 6.07) is 8.95. The number of fused-ring (bicyclic) bond motifs is 1. The normalized spacial score (nSPS) is 19.6. The van der Waals surface area contributed by atoms with Crippen molar-refractivity contribution in [3.05, 3.63) is 36.1 Å². The summed E-state index contributed by atoms with van der Waals surface area (Å²) >= 11 is 0. The van der Waals surface area contributed by atoms with Gasteiger partial charge in [0.2, 0.25) is 0 Å². The lowest BCUT2D eigenvalue weighted by Gasteiger charge is -2.23. The van der Waals surface area contributed by atoms with E-state index in [1.807, 2.05) is 18.4 Å². The van der Waals surface area contributed by atoms with Gasteiger partial charge in [0, 0.05) is 30.1 Å². The first kappa shape index (κ1) is 12.7. The van der Waals surface area contributed by atoms with Crippen LogP contribution in [0, 0.1) is 0 Å². The van der Waals surface area contributed by atoms with Crippen molar-refractivity contribution in [3.63, 3.8) is 0 Å². The van der Waals surface area contributed by atoms with Crippen LogP contribution in [0.4, 0.5) is 0 Å². The number of para-hydroxylation sites is 1. The van der Waals surface area contributed by atoms with Crippen LogP contribution in [0.1, 0.15) is 25.3 Å². The number of nitrogens with zero attached hydrogens (tertiary/aromatic N) is 1. The summed E-state index contributed by atoms with van der Waals surface area (Å²) < 4.78 is 5.62. The van der Waals surface area contributed by atoms with Crippen LogP contribution in [-0.4, -0.2) is 30.6 Å². The predicted octanol–water partition coefficient (Wildman–Crippen LogP) is 3.01. The maximum Gasteiger partial charge on any atom is 0.134 e. The van der Waals surface area contributed by atoms with Gasteiger partial charge in [-0.25, -0.2) is 0 Å². The van der Waals surface area contributed by atoms with Crippen molar-refractivity contribution in [1.82, 2.24) is 10.2 Å². The zero-order valence-electron chi connectivity index (χ0n) is 11.6. The summed E-state index contributed by atoms with van der Waals surface area (Å²) in [6.07, 6.45) is 4.54. The van der Waals surface area contributed by atoms with Crippen molar-refractivity contribution in [1.29, 1.82) is 0 Å². The summed E-state index contributed by atoms with van der Waals surface area (Å²) in [4.78, 5) is 2.50. The van der Waals surface area contributed by atoms with Crippen LogP contribution in [-0.2, 0) is 6.54 Å². The molecule has 1 fully saturated rings. The van der Waals surface area contributed by atoms with E-state index < -0.39 is 0 Å². The molecule has 0 saturated carbocycles. The molecule has 0 aliphatic carbocycles. The number of nitrogens with one attached hydrogen (secondary N) is 1. The highest BCUT2D eigenvalue weighted by Gasteiger charge is 2.18. The molecule has 1 aromatic heterocycles. The molecule has 0 spiro atoms. The van der Waals surface area contributed by atoms with Crippen molar-refractivity contribution >= 4 is 11.0 Å². The number of furan rings is 1. The van der Waals surface area contributed by atoms with E-state index in [2.05, 4.69) is 29.3 Å². The first-order chi connectivity index (χ1) is 9.36. The second-order valence-corrected chi connectivity index (χ2v) is 5.38. The summed E-state index contributed by atoms with van der Waals surface area (Å²) in [5.41, 5.74) is 2.29. The monoisotopic (exact) mass is 258 g/mol. The predicted molar refractivity (Wildman–Crippen MR) is 78.2 cm³/mol. The smallest absolute Gasteiger partial charge is 0.134 e. The van der Waals surface area contributed by atoms with E-state index in [9.17, 15) is 0 Å². The fraction of sp³-hybridized carbons (Fsp3) is 0.500. The molecular formula is C16H22N2O. The number of benzene rings is 1. The minimum atomic E-state index is 0.665. The second kappa shape index (κ2) is 5.76. The Kier molecular flexibility index (Phi) is 3.85. The van der Waals surface area contributed by atoms with Gasteiger partial charge in [0.1, 0.15) is 5.58 Å². The van der Waals surface area contributed by atoms with Crippen molar-refractivity contribution < 1.29 is 4.42 Å². The highest BCUT2D eigenvalue weighted by Crippen LogP contribution is 2.22. The Bertz CT molecular complexity index is 528. The molecule has 1 atom stereocenters. The van der Waals surface area contributed by atoms with Crippen molar-refractivity contribution in [2.24, 2.45) is 0 Å². The van der Waals surface area contributed by atoms with Crippen LogP contribution in [0.2, 0.25) is 0 Å². The molecule has 0 radical (unpaired) electrons. The largest absolute Gasteiger partial charge is 0.464 e. The SMILES string of the molecule is CCN(Cc1coc2ccccc12)CC1CCCN1. The van der Waals surface area contributed by atoms with Gasteiger partial charge in [-0.15, -0.1) is 0 Å². The average Bonchev–Trinajstić information content (AvgIpc) is 3.08. The number of hydrogen-bond acceptors (Lipinski definition) is 3. The van der Waals surface area contributed by atoms with Crippen molar-refractivity contribution in [2.75, 3.05) is 19.6 Å². The molecule has 1 aromatic carbocycles. The molecule has 2 aromatic rings. The van der Waals surface area contributed by atoms with Crippen molar-refractivity contribution in [3.8, 4) is 0 Å². The van der Waals surface area contributed by atoms with Gasteiger partial charge in [-0.2, -0.15) is 0 Å². The third kappa shape index (κ3) is 2.82. The minimum absolute atomic E-state index is 0.665. The molecule has 1 saturated heterocycles. The Balaban J connectivity index is 1.71. The standard InChI is InChI=1S/C16H22N2O/c1-2-18(11-14-6-5-9-17-14)10-13-12-19-16-8-4-3-7-15(13)16/h3-4,7-8,12,14,17H,2,5-6,9-11H2,1H3. The highest BCUT2D eigenvalue weighted by atomic mass is 16.3. The van der Waals surface area contributed by atoms with Crippen molar-refractivity contribution in [2.45, 2.75) is 32.4 Å². The molecule has 1 aliphatic heterocycles. The summed E-state index contributed by atoms with van der Waals surface area (Å²) in [6.45, 7) is 6.60. The third-order valence-electron chi connectivity index (χ3n) is 4.04. The molecule has 0 amide bonds. The second-order valence-electron chi connectivity index (χ2n) is 5.38. The fourth-order valence-corrected chi connectivity index (χ4v) is 2.93. The Morgan fingerprint density at radius 3 is 3.05 bits per heavy atom. The van der Waals surface area contributed by atoms with E-state index in [4.69, 9.17) is 4.42 Å². The van der Waals surface area contributed by atoms with Gasteiger partial charge in [-0.1, -0.05) is 25.1 Å². The lowest BCUT2D eigenvalue weighted by molar-refractivity contribution is 0.253. The zero-order chi connectivity index (χ0) is 13.1. The van der Waals surface area contributed by atoms with Gasteiger partial charge in [-0.05, 0) is 32.0 Å². The summed E-state index contributed by atoms with van der Waals surface area (Å²) in [5.74, 6) is 0. The molecule has 1 aliphatic rings. The van der Waals surface area contributed by atoms with Crippen LogP contribution in [0.5, 0.6) is 0 Å². The summed E-state index contributed by atoms with van der Waals surface area (Å²) in [7, 11) is 0. The van der Waals surface area contributed by atoms with E-state index in [0.29, 0.717) is 6.04 Å². The Labute approximate surface area is 114 Å². The van der Waals surface area contributed by atoms with E-state index in [1.54, 1.807) is 0 Å². The molecule has 3 heteroatoms. The maximum absolute atomic E-state index is 5.62. The number of likely N-dealkylation sites (N-methyl/N-ethyl adjacent to an activating group) is 1. The summed E-state index contributed by atoms with van der Waals surface area (Å²) in [5, 5.41) is 4.82. The Morgan fingerprint density at radius 2 is 2.26 bits per heavy atom. The van der Waals surface area contributed by atoms with Gasteiger partial charge in [0.05, 0.1) is 6.26 Å². The fourth-order valence-electron chi connectivity index (χ4n) is 2.93. The number of hydrogen-bond donors (Lipinski definition) is 1. The van der Waals surface area contributed by atoms with Gasteiger partial charge in [0.15, 0.2) is 0 Å². The average molecular weight is 258 g/mol. The first-order valence-electron chi connectivity index (χ1n) is 7.27.